The Labute approximate surface area is 158 Å². The first-order chi connectivity index (χ1) is 13.3. The average molecular weight is 381 g/mol. The molecule has 0 fully saturated rings. The maximum atomic E-state index is 12.4. The van der Waals surface area contributed by atoms with E-state index in [9.17, 15) is 25.0 Å². The number of hydrogen-bond acceptors (Lipinski definition) is 6. The molecule has 0 bridgehead atoms. The minimum absolute atomic E-state index is 0.188. The van der Waals surface area contributed by atoms with E-state index in [2.05, 4.69) is 10.4 Å². The molecule has 1 N–H and O–H groups in total. The third kappa shape index (κ3) is 4.36. The third-order valence-corrected chi connectivity index (χ3v) is 3.94. The number of carbonyl (C=O) groups is 1. The van der Waals surface area contributed by atoms with Crippen LogP contribution in [0.3, 0.4) is 0 Å². The SMILES string of the molecule is Cc1ccc(Cn2cc(NC(=O)c3cc([N+](=O)[O-])cc([N+](=O)[O-])c3)cn2)cc1. The predicted octanol–water partition coefficient (Wildman–Crippen LogP) is 3.31. The van der Waals surface area contributed by atoms with Crippen LogP contribution in [0.15, 0.2) is 54.9 Å². The summed E-state index contributed by atoms with van der Waals surface area (Å²) in [6.45, 7) is 2.49. The van der Waals surface area contributed by atoms with Gasteiger partial charge in [0.1, 0.15) is 0 Å². The van der Waals surface area contributed by atoms with Crippen LogP contribution >= 0.6 is 0 Å². The Hall–Kier alpha value is -4.08. The zero-order valence-corrected chi connectivity index (χ0v) is 14.7. The molecule has 0 aliphatic heterocycles. The minimum Gasteiger partial charge on any atom is -0.319 e. The molecule has 0 radical (unpaired) electrons. The number of amides is 1. The molecule has 0 atom stereocenters. The fourth-order valence-electron chi connectivity index (χ4n) is 2.54. The maximum absolute atomic E-state index is 12.4. The second-order valence-corrected chi connectivity index (χ2v) is 6.12. The molecule has 0 spiro atoms. The van der Waals surface area contributed by atoms with E-state index in [0.717, 1.165) is 29.3 Å². The van der Waals surface area contributed by atoms with Gasteiger partial charge < -0.3 is 5.32 Å². The summed E-state index contributed by atoms with van der Waals surface area (Å²) in [6.07, 6.45) is 3.03. The topological polar surface area (TPSA) is 133 Å². The highest BCUT2D eigenvalue weighted by molar-refractivity contribution is 6.05. The molecular formula is C18H15N5O5. The number of non-ortho nitro benzene ring substituents is 2. The first-order valence-corrected chi connectivity index (χ1v) is 8.15. The highest BCUT2D eigenvalue weighted by Crippen LogP contribution is 2.23. The fourth-order valence-corrected chi connectivity index (χ4v) is 2.54. The summed E-state index contributed by atoms with van der Waals surface area (Å²) < 4.78 is 1.62. The standard InChI is InChI=1S/C18H15N5O5/c1-12-2-4-13(5-3-12)10-21-11-15(9-19-21)20-18(24)14-6-16(22(25)26)8-17(7-14)23(27)28/h2-9,11H,10H2,1H3,(H,20,24). The van der Waals surface area contributed by atoms with Gasteiger partial charge in [0.05, 0.1) is 39.9 Å². The van der Waals surface area contributed by atoms with Crippen LogP contribution in [0.25, 0.3) is 0 Å². The number of carbonyl (C=O) groups excluding carboxylic acids is 1. The number of aromatic nitrogens is 2. The lowest BCUT2D eigenvalue weighted by molar-refractivity contribution is -0.394. The summed E-state index contributed by atoms with van der Waals surface area (Å²) in [5.41, 5.74) is 1.28. The van der Waals surface area contributed by atoms with Gasteiger partial charge in [-0.05, 0) is 12.5 Å². The summed E-state index contributed by atoms with van der Waals surface area (Å²) in [7, 11) is 0. The Morgan fingerprint density at radius 1 is 1.07 bits per heavy atom. The molecule has 2 aromatic carbocycles. The van der Waals surface area contributed by atoms with Crippen LogP contribution in [0.4, 0.5) is 17.1 Å². The minimum atomic E-state index is -0.788. The number of nitrogens with zero attached hydrogens (tertiary/aromatic N) is 4. The Kier molecular flexibility index (Phi) is 5.12. The molecule has 10 heteroatoms. The summed E-state index contributed by atoms with van der Waals surface area (Å²) in [6, 6.07) is 10.7. The molecule has 3 rings (SSSR count). The monoisotopic (exact) mass is 381 g/mol. The normalized spacial score (nSPS) is 10.5. The summed E-state index contributed by atoms with van der Waals surface area (Å²) in [5.74, 6) is -0.707. The summed E-state index contributed by atoms with van der Waals surface area (Å²) in [4.78, 5) is 32.7. The van der Waals surface area contributed by atoms with Gasteiger partial charge in [0.2, 0.25) is 0 Å². The van der Waals surface area contributed by atoms with Gasteiger partial charge in [0.25, 0.3) is 17.3 Å². The number of rotatable bonds is 6. The Morgan fingerprint density at radius 3 is 2.25 bits per heavy atom. The zero-order valence-electron chi connectivity index (χ0n) is 14.7. The largest absolute Gasteiger partial charge is 0.319 e. The number of anilines is 1. The molecule has 10 nitrogen and oxygen atoms in total. The van der Waals surface area contributed by atoms with Crippen molar-refractivity contribution in [3.8, 4) is 0 Å². The van der Waals surface area contributed by atoms with Crippen LogP contribution in [0, 0.1) is 27.2 Å². The molecular weight excluding hydrogens is 366 g/mol. The molecule has 3 aromatic rings. The maximum Gasteiger partial charge on any atom is 0.277 e. The molecule has 0 saturated heterocycles. The molecule has 1 amide bonds. The second-order valence-electron chi connectivity index (χ2n) is 6.12. The van der Waals surface area contributed by atoms with Gasteiger partial charge in [-0.15, -0.1) is 0 Å². The Balaban J connectivity index is 1.76. The first-order valence-electron chi connectivity index (χ1n) is 8.15. The lowest BCUT2D eigenvalue weighted by Crippen LogP contribution is -2.12. The van der Waals surface area contributed by atoms with Crippen molar-refractivity contribution in [1.29, 1.82) is 0 Å². The number of nitro groups is 2. The zero-order chi connectivity index (χ0) is 20.3. The van der Waals surface area contributed by atoms with E-state index in [-0.39, 0.29) is 5.56 Å². The van der Waals surface area contributed by atoms with Gasteiger partial charge in [-0.25, -0.2) is 0 Å². The molecule has 0 unspecified atom stereocenters. The highest BCUT2D eigenvalue weighted by Gasteiger charge is 2.20. The van der Waals surface area contributed by atoms with Crippen molar-refractivity contribution in [3.63, 3.8) is 0 Å². The highest BCUT2D eigenvalue weighted by atomic mass is 16.6. The smallest absolute Gasteiger partial charge is 0.277 e. The van der Waals surface area contributed by atoms with Gasteiger partial charge in [-0.1, -0.05) is 29.8 Å². The van der Waals surface area contributed by atoms with E-state index in [0.29, 0.717) is 12.2 Å². The van der Waals surface area contributed by atoms with Gasteiger partial charge in [-0.2, -0.15) is 5.10 Å². The summed E-state index contributed by atoms with van der Waals surface area (Å²) in [5, 5.41) is 28.6. The van der Waals surface area contributed by atoms with Gasteiger partial charge in [0, 0.05) is 18.3 Å². The van der Waals surface area contributed by atoms with E-state index in [4.69, 9.17) is 0 Å². The number of nitro benzene ring substituents is 2. The Bertz CT molecular complexity index is 1030. The van der Waals surface area contributed by atoms with E-state index < -0.39 is 27.1 Å². The summed E-state index contributed by atoms with van der Waals surface area (Å²) >= 11 is 0. The van der Waals surface area contributed by atoms with E-state index in [1.165, 1.54) is 6.20 Å². The van der Waals surface area contributed by atoms with Crippen molar-refractivity contribution in [2.45, 2.75) is 13.5 Å². The van der Waals surface area contributed by atoms with Gasteiger partial charge in [0.15, 0.2) is 0 Å². The van der Waals surface area contributed by atoms with E-state index >= 15 is 0 Å². The number of nitrogens with one attached hydrogen (secondary N) is 1. The van der Waals surface area contributed by atoms with Crippen LogP contribution in [0.2, 0.25) is 0 Å². The number of aryl methyl sites for hydroxylation is 1. The van der Waals surface area contributed by atoms with E-state index in [1.807, 2.05) is 31.2 Å². The van der Waals surface area contributed by atoms with Crippen molar-refractivity contribution in [2.24, 2.45) is 0 Å². The average Bonchev–Trinajstić information content (AvgIpc) is 3.10. The fraction of sp³-hybridized carbons (Fsp3) is 0.111. The third-order valence-electron chi connectivity index (χ3n) is 3.94. The van der Waals surface area contributed by atoms with Crippen molar-refractivity contribution in [3.05, 3.63) is 91.8 Å². The predicted molar refractivity (Wildman–Crippen MR) is 100 cm³/mol. The number of hydrogen-bond donors (Lipinski definition) is 1. The van der Waals surface area contributed by atoms with Crippen LogP contribution in [-0.4, -0.2) is 25.5 Å². The molecule has 1 heterocycles. The van der Waals surface area contributed by atoms with Crippen LogP contribution in [0.5, 0.6) is 0 Å². The van der Waals surface area contributed by atoms with E-state index in [1.54, 1.807) is 10.9 Å². The van der Waals surface area contributed by atoms with Crippen molar-refractivity contribution in [2.75, 3.05) is 5.32 Å². The van der Waals surface area contributed by atoms with Crippen LogP contribution in [-0.2, 0) is 6.54 Å². The quantitative estimate of drug-likeness (QED) is 0.514. The van der Waals surface area contributed by atoms with Crippen LogP contribution < -0.4 is 5.32 Å². The molecule has 0 saturated carbocycles. The molecule has 0 aliphatic rings. The van der Waals surface area contributed by atoms with Gasteiger partial charge in [-0.3, -0.25) is 29.7 Å². The van der Waals surface area contributed by atoms with Crippen molar-refractivity contribution < 1.29 is 14.6 Å². The number of benzene rings is 2. The van der Waals surface area contributed by atoms with Crippen molar-refractivity contribution in [1.82, 2.24) is 9.78 Å². The molecule has 28 heavy (non-hydrogen) atoms. The van der Waals surface area contributed by atoms with Gasteiger partial charge >= 0.3 is 0 Å². The molecule has 142 valence electrons. The van der Waals surface area contributed by atoms with Crippen molar-refractivity contribution >= 4 is 23.0 Å². The van der Waals surface area contributed by atoms with Crippen LogP contribution in [0.1, 0.15) is 21.5 Å². The molecule has 0 aliphatic carbocycles. The lowest BCUT2D eigenvalue weighted by Gasteiger charge is -2.04. The Morgan fingerprint density at radius 2 is 1.68 bits per heavy atom. The second kappa shape index (κ2) is 7.66. The first kappa shape index (κ1) is 18.7. The lowest BCUT2D eigenvalue weighted by atomic mass is 10.1. The molecule has 1 aromatic heterocycles.